The van der Waals surface area contributed by atoms with Gasteiger partial charge in [0, 0.05) is 28.0 Å². The number of aliphatic hydroxyl groups is 2. The summed E-state index contributed by atoms with van der Waals surface area (Å²) < 4.78 is 6.51. The van der Waals surface area contributed by atoms with E-state index in [1.54, 1.807) is 16.2 Å². The van der Waals surface area contributed by atoms with Gasteiger partial charge < -0.3 is 19.8 Å². The number of thiophene rings is 1. The fourth-order valence-corrected chi connectivity index (χ4v) is 11.2. The van der Waals surface area contributed by atoms with Gasteiger partial charge in [-0.3, -0.25) is 4.79 Å². The van der Waals surface area contributed by atoms with Crippen molar-refractivity contribution < 1.29 is 24.5 Å². The van der Waals surface area contributed by atoms with Crippen molar-refractivity contribution in [2.24, 2.45) is 23.2 Å². The molecule has 7 unspecified atom stereocenters. The van der Waals surface area contributed by atoms with Crippen LogP contribution in [0.1, 0.15) is 130 Å². The lowest BCUT2D eigenvalue weighted by molar-refractivity contribution is -0.0861. The van der Waals surface area contributed by atoms with Gasteiger partial charge in [-0.1, -0.05) is 119 Å². The molecular formula is C52H65NO5S. The van der Waals surface area contributed by atoms with E-state index in [2.05, 4.69) is 76.4 Å². The molecule has 4 aromatic rings. The highest BCUT2D eigenvalue weighted by molar-refractivity contribution is 7.09. The summed E-state index contributed by atoms with van der Waals surface area (Å²) in [5, 5.41) is 26.5. The van der Waals surface area contributed by atoms with E-state index in [0.717, 1.165) is 54.4 Å². The second-order valence-corrected chi connectivity index (χ2v) is 19.8. The maximum Gasteiger partial charge on any atom is 0.410 e. The first-order valence-electron chi connectivity index (χ1n) is 22.2. The highest BCUT2D eigenvalue weighted by Crippen LogP contribution is 2.59. The van der Waals surface area contributed by atoms with Crippen LogP contribution in [-0.2, 0) is 17.6 Å². The molecule has 59 heavy (non-hydrogen) atoms. The molecule has 6 nitrogen and oxygen atoms in total. The van der Waals surface area contributed by atoms with Crippen LogP contribution >= 0.6 is 11.3 Å². The third kappa shape index (κ3) is 9.79. The van der Waals surface area contributed by atoms with Crippen molar-refractivity contribution in [2.75, 3.05) is 13.1 Å². The Kier molecular flexibility index (Phi) is 13.6. The van der Waals surface area contributed by atoms with Gasteiger partial charge in [0.2, 0.25) is 0 Å². The minimum absolute atomic E-state index is 0.0563. The quantitative estimate of drug-likeness (QED) is 0.123. The van der Waals surface area contributed by atoms with Crippen LogP contribution in [-0.4, -0.2) is 57.9 Å². The van der Waals surface area contributed by atoms with E-state index in [-0.39, 0.29) is 30.4 Å². The largest absolute Gasteiger partial charge is 0.446 e. The molecule has 7 heteroatoms. The van der Waals surface area contributed by atoms with Crippen molar-refractivity contribution >= 4 is 23.2 Å². The molecule has 0 spiro atoms. The number of amides is 1. The van der Waals surface area contributed by atoms with Gasteiger partial charge >= 0.3 is 6.09 Å². The standard InChI is InChI=1S/C52H65NO5S/c1-35(2)44-23-16-37(4)31-48(44)58-50(56)53(29-26-43-14-10-30-59-43)34-52(57)28-25-47-45-24-17-38(32-42(54)22-15-36(3)11-9-27-51(47,52)5)33-46(45)49(55)41-20-18-40(19-21-41)39-12-7-6-8-13-39/h6-8,10-14,17-21,24,30,33,35,37,42,44,47-48,54,57H,9,15-16,22-23,25-29,31-32,34H2,1-5H3. The molecule has 4 aliphatic carbocycles. The number of ketones is 1. The lowest BCUT2D eigenvalue weighted by Crippen LogP contribution is -2.54. The molecule has 8 rings (SSSR count). The smallest absolute Gasteiger partial charge is 0.410 e. The van der Waals surface area contributed by atoms with Gasteiger partial charge in [-0.05, 0) is 135 Å². The van der Waals surface area contributed by atoms with Crippen LogP contribution in [0.5, 0.6) is 0 Å². The van der Waals surface area contributed by atoms with Crippen molar-refractivity contribution in [2.45, 2.75) is 129 Å². The van der Waals surface area contributed by atoms with Gasteiger partial charge in [-0.15, -0.1) is 11.3 Å². The molecule has 0 aliphatic heterocycles. The first-order chi connectivity index (χ1) is 28.3. The van der Waals surface area contributed by atoms with E-state index in [1.165, 1.54) is 10.5 Å². The molecule has 2 bridgehead atoms. The summed E-state index contributed by atoms with van der Waals surface area (Å²) in [5.74, 6) is 1.02. The molecule has 1 aromatic heterocycles. The van der Waals surface area contributed by atoms with E-state index in [4.69, 9.17) is 4.74 Å². The number of aliphatic hydroxyl groups excluding tert-OH is 1. The Hall–Kier alpha value is -4.04. The summed E-state index contributed by atoms with van der Waals surface area (Å²) in [7, 11) is 0. The van der Waals surface area contributed by atoms with Gasteiger partial charge in [-0.25, -0.2) is 4.79 Å². The highest BCUT2D eigenvalue weighted by Gasteiger charge is 2.58. The van der Waals surface area contributed by atoms with Crippen molar-refractivity contribution in [3.63, 3.8) is 0 Å². The van der Waals surface area contributed by atoms with E-state index in [1.807, 2.05) is 54.6 Å². The van der Waals surface area contributed by atoms with E-state index >= 15 is 0 Å². The van der Waals surface area contributed by atoms with Crippen LogP contribution in [0.2, 0.25) is 0 Å². The first kappa shape index (κ1) is 43.1. The number of hydrogen-bond donors (Lipinski definition) is 2. The Labute approximate surface area is 356 Å². The lowest BCUT2D eigenvalue weighted by atomic mass is 9.64. The Morgan fingerprint density at radius 2 is 1.69 bits per heavy atom. The summed E-state index contributed by atoms with van der Waals surface area (Å²) in [6.07, 6.45) is 9.50. The summed E-state index contributed by atoms with van der Waals surface area (Å²) in [6.45, 7) is 11.7. The van der Waals surface area contributed by atoms with E-state index < -0.39 is 17.1 Å². The average molecular weight is 816 g/mol. The Morgan fingerprint density at radius 3 is 2.42 bits per heavy atom. The van der Waals surface area contributed by atoms with Crippen LogP contribution in [0.3, 0.4) is 0 Å². The number of ether oxygens (including phenoxy) is 1. The number of carbonyl (C=O) groups excluding carboxylic acids is 2. The van der Waals surface area contributed by atoms with Crippen molar-refractivity contribution in [1.29, 1.82) is 0 Å². The van der Waals surface area contributed by atoms with Gasteiger partial charge in [-0.2, -0.15) is 0 Å². The molecule has 4 aliphatic rings. The average Bonchev–Trinajstić information content (AvgIpc) is 3.84. The fraction of sp³-hybridized carbons (Fsp3) is 0.500. The molecular weight excluding hydrogens is 751 g/mol. The zero-order valence-corrected chi connectivity index (χ0v) is 36.7. The van der Waals surface area contributed by atoms with Gasteiger partial charge in [0.25, 0.3) is 0 Å². The highest BCUT2D eigenvalue weighted by atomic mass is 32.1. The maximum absolute atomic E-state index is 14.8. The van der Waals surface area contributed by atoms with E-state index in [0.29, 0.717) is 74.0 Å². The normalized spacial score (nSPS) is 27.5. The number of hydrogen-bond acceptors (Lipinski definition) is 6. The van der Waals surface area contributed by atoms with Crippen LogP contribution in [0.4, 0.5) is 4.79 Å². The molecule has 7 atom stereocenters. The number of allylic oxidation sites excluding steroid dienone is 2. The lowest BCUT2D eigenvalue weighted by Gasteiger charge is -2.46. The molecule has 2 N–H and O–H groups in total. The minimum Gasteiger partial charge on any atom is -0.446 e. The fourth-order valence-electron chi connectivity index (χ4n) is 10.5. The third-order valence-electron chi connectivity index (χ3n) is 14.3. The summed E-state index contributed by atoms with van der Waals surface area (Å²) in [5.41, 5.74) is 4.55. The number of fused-ring (bicyclic) bond motifs is 8. The molecule has 0 saturated heterocycles. The van der Waals surface area contributed by atoms with E-state index in [9.17, 15) is 19.8 Å². The number of benzene rings is 3. The Balaban J connectivity index is 1.25. The van der Waals surface area contributed by atoms with Crippen LogP contribution in [0, 0.1) is 23.2 Å². The van der Waals surface area contributed by atoms with Crippen LogP contribution in [0.15, 0.2) is 102 Å². The van der Waals surface area contributed by atoms with Crippen molar-refractivity contribution in [3.8, 4) is 11.1 Å². The van der Waals surface area contributed by atoms with Gasteiger partial charge in [0.1, 0.15) is 6.10 Å². The van der Waals surface area contributed by atoms with Crippen molar-refractivity contribution in [1.82, 2.24) is 4.90 Å². The summed E-state index contributed by atoms with van der Waals surface area (Å²) in [6, 6.07) is 28.3. The molecule has 2 saturated carbocycles. The molecule has 1 heterocycles. The third-order valence-corrected chi connectivity index (χ3v) is 15.2. The van der Waals surface area contributed by atoms with Crippen LogP contribution in [0.25, 0.3) is 11.1 Å². The monoisotopic (exact) mass is 815 g/mol. The molecule has 1 amide bonds. The molecule has 314 valence electrons. The predicted molar refractivity (Wildman–Crippen MR) is 240 cm³/mol. The zero-order valence-electron chi connectivity index (χ0n) is 35.9. The zero-order chi connectivity index (χ0) is 41.7. The first-order valence-corrected chi connectivity index (χ1v) is 23.1. The second-order valence-electron chi connectivity index (χ2n) is 18.7. The van der Waals surface area contributed by atoms with Crippen molar-refractivity contribution in [3.05, 3.63) is 129 Å². The van der Waals surface area contributed by atoms with Gasteiger partial charge in [0.15, 0.2) is 5.78 Å². The Morgan fingerprint density at radius 1 is 0.932 bits per heavy atom. The number of rotatable bonds is 10. The van der Waals surface area contributed by atoms with Crippen LogP contribution < -0.4 is 0 Å². The summed E-state index contributed by atoms with van der Waals surface area (Å²) >= 11 is 1.69. The predicted octanol–water partition coefficient (Wildman–Crippen LogP) is 11.8. The van der Waals surface area contributed by atoms with Gasteiger partial charge in [0.05, 0.1) is 18.2 Å². The molecule has 2 fully saturated rings. The topological polar surface area (TPSA) is 87.1 Å². The summed E-state index contributed by atoms with van der Waals surface area (Å²) in [4.78, 5) is 32.3. The minimum atomic E-state index is -1.24. The molecule has 3 aromatic carbocycles. The maximum atomic E-state index is 14.8. The number of nitrogens with zero attached hydrogens (tertiary/aromatic N) is 1. The SMILES string of the molecule is CC1=CCCC2(C)C(CCC2(O)CN(CCc2cccs2)C(=O)OC2CC(C)CCC2C(C)C)c2ccc(cc2C(=O)c2ccc(-c3ccccc3)cc2)CC(O)CC1. The second kappa shape index (κ2) is 18.7. The molecule has 0 radical (unpaired) electrons. The Bertz CT molecular complexity index is 2060. The number of carbonyl (C=O) groups is 2.